The van der Waals surface area contributed by atoms with Crippen LogP contribution in [0.5, 0.6) is 5.88 Å². The summed E-state index contributed by atoms with van der Waals surface area (Å²) in [5, 5.41) is 0. The van der Waals surface area contributed by atoms with Crippen LogP contribution in [0.25, 0.3) is 0 Å². The Morgan fingerprint density at radius 2 is 2.23 bits per heavy atom. The first-order chi connectivity index (χ1) is 12.6. The number of piperidine rings is 1. The molecule has 0 aliphatic carbocycles. The van der Waals surface area contributed by atoms with Gasteiger partial charge in [-0.05, 0) is 51.4 Å². The van der Waals surface area contributed by atoms with Crippen LogP contribution in [0.15, 0.2) is 23.8 Å². The number of hydrogen-bond donors (Lipinski definition) is 0. The normalized spacial score (nSPS) is 23.1. The molecule has 2 aliphatic rings. The van der Waals surface area contributed by atoms with Crippen molar-refractivity contribution in [3.8, 4) is 5.88 Å². The summed E-state index contributed by atoms with van der Waals surface area (Å²) in [6.07, 6.45) is 3.75. The number of likely N-dealkylation sites (N-methyl/N-ethyl adjacent to an activating group) is 1. The fourth-order valence-electron chi connectivity index (χ4n) is 4.17. The van der Waals surface area contributed by atoms with E-state index in [-0.39, 0.29) is 17.2 Å². The van der Waals surface area contributed by atoms with Crippen LogP contribution >= 0.6 is 11.3 Å². The van der Waals surface area contributed by atoms with Crippen LogP contribution in [0.3, 0.4) is 0 Å². The molecule has 26 heavy (non-hydrogen) atoms. The molecule has 140 valence electrons. The van der Waals surface area contributed by atoms with Crippen LogP contribution in [-0.2, 0) is 6.54 Å². The van der Waals surface area contributed by atoms with Crippen LogP contribution in [-0.4, -0.2) is 58.6 Å². The van der Waals surface area contributed by atoms with E-state index in [0.717, 1.165) is 44.7 Å². The van der Waals surface area contributed by atoms with Gasteiger partial charge in [-0.25, -0.2) is 14.4 Å². The number of likely N-dealkylation sites (tertiary alicyclic amines) is 2. The first kappa shape index (κ1) is 17.8. The molecule has 4 heterocycles. The Morgan fingerprint density at radius 3 is 2.96 bits per heavy atom. The standard InChI is InChI=1S/C19H25FN4OS/c1-14-17(26-13-22-14)9-24-11-19(12-24)8-15(5-7-23(19)2)10-25-18-16(20)4-3-6-21-18/h3-4,6,13,15H,5,7-12H2,1-2H3/t15-/m0/s1. The van der Waals surface area contributed by atoms with Gasteiger partial charge in [0.05, 0.1) is 17.8 Å². The van der Waals surface area contributed by atoms with Gasteiger partial charge in [0, 0.05) is 36.2 Å². The molecule has 0 unspecified atom stereocenters. The van der Waals surface area contributed by atoms with Crippen LogP contribution in [0, 0.1) is 18.7 Å². The summed E-state index contributed by atoms with van der Waals surface area (Å²) >= 11 is 1.74. The molecular formula is C19H25FN4OS. The fourth-order valence-corrected chi connectivity index (χ4v) is 4.99. The van der Waals surface area contributed by atoms with E-state index in [9.17, 15) is 4.39 Å². The van der Waals surface area contributed by atoms with E-state index in [4.69, 9.17) is 4.74 Å². The number of rotatable bonds is 5. The maximum Gasteiger partial charge on any atom is 0.250 e. The van der Waals surface area contributed by atoms with E-state index >= 15 is 0 Å². The van der Waals surface area contributed by atoms with E-state index in [0.29, 0.717) is 12.5 Å². The van der Waals surface area contributed by atoms with E-state index < -0.39 is 0 Å². The molecule has 5 nitrogen and oxygen atoms in total. The Balaban J connectivity index is 1.33. The van der Waals surface area contributed by atoms with Crippen molar-refractivity contribution in [1.29, 1.82) is 0 Å². The van der Waals surface area contributed by atoms with Crippen molar-refractivity contribution in [3.63, 3.8) is 0 Å². The molecule has 2 aromatic heterocycles. The van der Waals surface area contributed by atoms with Crippen LogP contribution in [0.4, 0.5) is 4.39 Å². The van der Waals surface area contributed by atoms with Gasteiger partial charge in [-0.2, -0.15) is 0 Å². The number of thiazole rings is 1. The lowest BCUT2D eigenvalue weighted by atomic mass is 9.75. The molecule has 7 heteroatoms. The van der Waals surface area contributed by atoms with Gasteiger partial charge in [-0.15, -0.1) is 11.3 Å². The van der Waals surface area contributed by atoms with Crippen molar-refractivity contribution in [2.45, 2.75) is 31.8 Å². The minimum Gasteiger partial charge on any atom is -0.475 e. The Morgan fingerprint density at radius 1 is 1.38 bits per heavy atom. The molecule has 1 spiro atoms. The first-order valence-electron chi connectivity index (χ1n) is 9.12. The number of hydrogen-bond acceptors (Lipinski definition) is 6. The highest BCUT2D eigenvalue weighted by molar-refractivity contribution is 7.09. The van der Waals surface area contributed by atoms with Crippen molar-refractivity contribution in [1.82, 2.24) is 19.8 Å². The number of nitrogens with zero attached hydrogens (tertiary/aromatic N) is 4. The topological polar surface area (TPSA) is 41.5 Å². The third kappa shape index (κ3) is 3.48. The highest BCUT2D eigenvalue weighted by atomic mass is 32.1. The summed E-state index contributed by atoms with van der Waals surface area (Å²) in [6, 6.07) is 2.98. The zero-order valence-electron chi connectivity index (χ0n) is 15.3. The predicted molar refractivity (Wildman–Crippen MR) is 99.9 cm³/mol. The minimum atomic E-state index is -0.384. The molecule has 0 bridgehead atoms. The van der Waals surface area contributed by atoms with Crippen molar-refractivity contribution >= 4 is 11.3 Å². The SMILES string of the molecule is Cc1ncsc1CN1CC2(C[C@@H](COc3ncccc3F)CCN2C)C1. The third-order valence-electron chi connectivity index (χ3n) is 5.78. The molecule has 2 saturated heterocycles. The molecule has 1 atom stereocenters. The lowest BCUT2D eigenvalue weighted by Gasteiger charge is -2.58. The Labute approximate surface area is 157 Å². The average Bonchev–Trinajstić information content (AvgIpc) is 3.00. The van der Waals surface area contributed by atoms with Gasteiger partial charge in [0.2, 0.25) is 5.88 Å². The number of pyridine rings is 1. The van der Waals surface area contributed by atoms with E-state index in [1.165, 1.54) is 10.9 Å². The summed E-state index contributed by atoms with van der Waals surface area (Å²) in [4.78, 5) is 14.7. The summed E-state index contributed by atoms with van der Waals surface area (Å²) in [5.74, 6) is 0.182. The molecule has 0 amide bonds. The maximum atomic E-state index is 13.7. The van der Waals surface area contributed by atoms with Crippen LogP contribution in [0.2, 0.25) is 0 Å². The molecule has 2 fully saturated rings. The molecule has 0 radical (unpaired) electrons. The predicted octanol–water partition coefficient (Wildman–Crippen LogP) is 2.96. The van der Waals surface area contributed by atoms with Gasteiger partial charge in [-0.1, -0.05) is 0 Å². The van der Waals surface area contributed by atoms with Gasteiger partial charge in [0.25, 0.3) is 0 Å². The van der Waals surface area contributed by atoms with E-state index in [1.807, 2.05) is 5.51 Å². The van der Waals surface area contributed by atoms with Gasteiger partial charge in [0.1, 0.15) is 0 Å². The molecule has 0 aromatic carbocycles. The zero-order chi connectivity index (χ0) is 18.1. The second kappa shape index (κ2) is 7.21. The monoisotopic (exact) mass is 376 g/mol. The van der Waals surface area contributed by atoms with E-state index in [1.54, 1.807) is 23.6 Å². The summed E-state index contributed by atoms with van der Waals surface area (Å²) in [7, 11) is 2.23. The molecule has 0 N–H and O–H groups in total. The van der Waals surface area contributed by atoms with Crippen LogP contribution < -0.4 is 4.74 Å². The lowest BCUT2D eigenvalue weighted by molar-refractivity contribution is -0.0873. The fraction of sp³-hybridized carbons (Fsp3) is 0.579. The number of halogens is 1. The Bertz CT molecular complexity index is 762. The molecule has 2 aliphatic heterocycles. The molecule has 0 saturated carbocycles. The average molecular weight is 377 g/mol. The quantitative estimate of drug-likeness (QED) is 0.803. The largest absolute Gasteiger partial charge is 0.475 e. The highest BCUT2D eigenvalue weighted by Crippen LogP contribution is 2.39. The van der Waals surface area contributed by atoms with Crippen molar-refractivity contribution < 1.29 is 9.13 Å². The lowest BCUT2D eigenvalue weighted by Crippen LogP contribution is -2.71. The first-order valence-corrected chi connectivity index (χ1v) is 9.99. The molecule has 4 rings (SSSR count). The van der Waals surface area contributed by atoms with Gasteiger partial charge in [0.15, 0.2) is 5.82 Å². The summed E-state index contributed by atoms with van der Waals surface area (Å²) in [6.45, 7) is 6.83. The Kier molecular flexibility index (Phi) is 4.94. The van der Waals surface area contributed by atoms with Gasteiger partial charge < -0.3 is 4.74 Å². The second-order valence-corrected chi connectivity index (χ2v) is 8.55. The third-order valence-corrected chi connectivity index (χ3v) is 6.70. The number of ether oxygens (including phenoxy) is 1. The minimum absolute atomic E-state index is 0.122. The zero-order valence-corrected chi connectivity index (χ0v) is 16.1. The number of aromatic nitrogens is 2. The van der Waals surface area contributed by atoms with Crippen molar-refractivity contribution in [2.24, 2.45) is 5.92 Å². The Hall–Kier alpha value is -1.57. The molecular weight excluding hydrogens is 351 g/mol. The van der Waals surface area contributed by atoms with Crippen molar-refractivity contribution in [2.75, 3.05) is 33.3 Å². The van der Waals surface area contributed by atoms with Gasteiger partial charge in [-0.3, -0.25) is 9.80 Å². The maximum absolute atomic E-state index is 13.7. The summed E-state index contributed by atoms with van der Waals surface area (Å²) in [5.41, 5.74) is 3.31. The molecule has 2 aromatic rings. The van der Waals surface area contributed by atoms with E-state index in [2.05, 4.69) is 33.7 Å². The smallest absolute Gasteiger partial charge is 0.250 e. The van der Waals surface area contributed by atoms with Crippen molar-refractivity contribution in [3.05, 3.63) is 40.2 Å². The van der Waals surface area contributed by atoms with Crippen LogP contribution in [0.1, 0.15) is 23.4 Å². The highest BCUT2D eigenvalue weighted by Gasteiger charge is 2.49. The second-order valence-electron chi connectivity index (χ2n) is 7.61. The summed E-state index contributed by atoms with van der Waals surface area (Å²) < 4.78 is 19.4. The number of aryl methyl sites for hydroxylation is 1. The van der Waals surface area contributed by atoms with Gasteiger partial charge >= 0.3 is 0 Å².